The van der Waals surface area contributed by atoms with E-state index in [9.17, 15) is 0 Å². The molecule has 4 heterocycles. The Hall–Kier alpha value is -2.13. The maximum absolute atomic E-state index is 4.39. The number of nitrogens with one attached hydrogen (secondary N) is 2. The Balaban J connectivity index is 1.44. The van der Waals surface area contributed by atoms with Gasteiger partial charge in [0.1, 0.15) is 5.65 Å². The molecule has 3 unspecified atom stereocenters. The van der Waals surface area contributed by atoms with E-state index < -0.39 is 0 Å². The highest BCUT2D eigenvalue weighted by Crippen LogP contribution is 2.36. The van der Waals surface area contributed by atoms with Gasteiger partial charge in [0.15, 0.2) is 0 Å². The molecule has 1 aromatic carbocycles. The predicted molar refractivity (Wildman–Crippen MR) is 98.1 cm³/mol. The number of benzene rings is 1. The van der Waals surface area contributed by atoms with Crippen LogP contribution in [0.4, 0.5) is 0 Å². The molecular weight excluding hydrogens is 294 g/mol. The van der Waals surface area contributed by atoms with Crippen molar-refractivity contribution in [1.82, 2.24) is 15.3 Å². The van der Waals surface area contributed by atoms with Crippen LogP contribution in [0.2, 0.25) is 0 Å². The molecule has 0 amide bonds. The van der Waals surface area contributed by atoms with E-state index in [1.807, 2.05) is 12.4 Å². The van der Waals surface area contributed by atoms with Crippen molar-refractivity contribution < 1.29 is 0 Å². The van der Waals surface area contributed by atoms with Crippen LogP contribution in [0.1, 0.15) is 43.6 Å². The van der Waals surface area contributed by atoms with E-state index in [0.717, 1.165) is 17.7 Å². The minimum atomic E-state index is 0.714. The number of aromatic nitrogens is 2. The molecule has 24 heavy (non-hydrogen) atoms. The number of H-pyrrole nitrogens is 1. The SMILES string of the molecule is c1cc(-c2ccc(C3CCC4CCC(C3)N4)cc2)c2cc[nH]c2n1. The van der Waals surface area contributed by atoms with Gasteiger partial charge in [-0.3, -0.25) is 0 Å². The molecule has 3 atom stereocenters. The Morgan fingerprint density at radius 3 is 2.62 bits per heavy atom. The second-order valence-electron chi connectivity index (χ2n) is 7.37. The molecule has 2 saturated heterocycles. The first-order chi connectivity index (χ1) is 11.9. The Morgan fingerprint density at radius 2 is 1.71 bits per heavy atom. The van der Waals surface area contributed by atoms with Crippen molar-refractivity contribution in [1.29, 1.82) is 0 Å². The fourth-order valence-electron chi connectivity index (χ4n) is 4.63. The van der Waals surface area contributed by atoms with E-state index in [4.69, 9.17) is 0 Å². The number of fused-ring (bicyclic) bond motifs is 3. The summed E-state index contributed by atoms with van der Waals surface area (Å²) in [5.41, 5.74) is 5.00. The van der Waals surface area contributed by atoms with Crippen molar-refractivity contribution in [3.8, 4) is 11.1 Å². The zero-order valence-corrected chi connectivity index (χ0v) is 13.8. The summed E-state index contributed by atoms with van der Waals surface area (Å²) in [6.45, 7) is 0. The van der Waals surface area contributed by atoms with Crippen molar-refractivity contribution in [2.24, 2.45) is 0 Å². The highest BCUT2D eigenvalue weighted by Gasteiger charge is 2.30. The summed E-state index contributed by atoms with van der Waals surface area (Å²) < 4.78 is 0. The molecular formula is C21H23N3. The van der Waals surface area contributed by atoms with Crippen LogP contribution in [-0.4, -0.2) is 22.1 Å². The largest absolute Gasteiger partial charge is 0.346 e. The van der Waals surface area contributed by atoms with E-state index in [1.54, 1.807) is 0 Å². The van der Waals surface area contributed by atoms with Gasteiger partial charge in [-0.1, -0.05) is 24.3 Å². The summed E-state index contributed by atoms with van der Waals surface area (Å²) in [5, 5.41) is 4.99. The summed E-state index contributed by atoms with van der Waals surface area (Å²) >= 11 is 0. The van der Waals surface area contributed by atoms with Gasteiger partial charge in [-0.05, 0) is 66.8 Å². The van der Waals surface area contributed by atoms with Crippen LogP contribution in [0.5, 0.6) is 0 Å². The Bertz CT molecular complexity index is 849. The lowest BCUT2D eigenvalue weighted by molar-refractivity contribution is 0.494. The molecule has 3 aromatic rings. The van der Waals surface area contributed by atoms with Crippen LogP contribution in [0.25, 0.3) is 22.2 Å². The van der Waals surface area contributed by atoms with Gasteiger partial charge in [0.2, 0.25) is 0 Å². The average Bonchev–Trinajstić information content (AvgIpc) is 3.21. The Labute approximate surface area is 142 Å². The molecule has 0 spiro atoms. The molecule has 3 nitrogen and oxygen atoms in total. The lowest BCUT2D eigenvalue weighted by atomic mass is 9.85. The molecule has 122 valence electrons. The number of hydrogen-bond acceptors (Lipinski definition) is 2. The highest BCUT2D eigenvalue weighted by molar-refractivity contribution is 5.92. The van der Waals surface area contributed by atoms with Crippen molar-refractivity contribution in [3.05, 3.63) is 54.4 Å². The molecule has 0 saturated carbocycles. The third kappa shape index (κ3) is 2.44. The Morgan fingerprint density at radius 1 is 0.875 bits per heavy atom. The van der Waals surface area contributed by atoms with Gasteiger partial charge < -0.3 is 10.3 Å². The molecule has 3 heteroatoms. The molecule has 0 aliphatic carbocycles. The lowest BCUT2D eigenvalue weighted by Gasteiger charge is -2.19. The monoisotopic (exact) mass is 317 g/mol. The van der Waals surface area contributed by atoms with Crippen molar-refractivity contribution in [2.75, 3.05) is 0 Å². The summed E-state index contributed by atoms with van der Waals surface area (Å²) in [7, 11) is 0. The topological polar surface area (TPSA) is 40.7 Å². The second-order valence-corrected chi connectivity index (χ2v) is 7.37. The van der Waals surface area contributed by atoms with Gasteiger partial charge in [0.25, 0.3) is 0 Å². The average molecular weight is 317 g/mol. The van der Waals surface area contributed by atoms with Gasteiger partial charge in [-0.25, -0.2) is 4.98 Å². The van der Waals surface area contributed by atoms with Gasteiger partial charge in [-0.15, -0.1) is 0 Å². The maximum Gasteiger partial charge on any atom is 0.137 e. The standard InChI is InChI=1S/C21H23N3/c1-3-15(19-9-11-22-21-20(19)10-12-23-21)4-2-14(1)16-5-6-17-7-8-18(13-16)24-17/h1-4,9-12,16-18,24H,5-8,13H2,(H,22,23). The fourth-order valence-corrected chi connectivity index (χ4v) is 4.63. The summed E-state index contributed by atoms with van der Waals surface area (Å²) in [6, 6.07) is 15.0. The quantitative estimate of drug-likeness (QED) is 0.724. The van der Waals surface area contributed by atoms with Crippen molar-refractivity contribution in [3.63, 3.8) is 0 Å². The van der Waals surface area contributed by atoms with Crippen LogP contribution in [0, 0.1) is 0 Å². The molecule has 2 N–H and O–H groups in total. The maximum atomic E-state index is 4.39. The van der Waals surface area contributed by atoms with Crippen LogP contribution in [-0.2, 0) is 0 Å². The fraction of sp³-hybridized carbons (Fsp3) is 0.381. The van der Waals surface area contributed by atoms with Crippen molar-refractivity contribution >= 4 is 11.0 Å². The summed E-state index contributed by atoms with van der Waals surface area (Å²) in [5.74, 6) is 0.714. The van der Waals surface area contributed by atoms with Gasteiger partial charge in [0.05, 0.1) is 0 Å². The van der Waals surface area contributed by atoms with Gasteiger partial charge in [0, 0.05) is 29.9 Å². The zero-order valence-electron chi connectivity index (χ0n) is 13.8. The van der Waals surface area contributed by atoms with E-state index in [2.05, 4.69) is 51.7 Å². The van der Waals surface area contributed by atoms with Crippen LogP contribution >= 0.6 is 0 Å². The molecule has 0 radical (unpaired) electrons. The van der Waals surface area contributed by atoms with Crippen LogP contribution < -0.4 is 5.32 Å². The predicted octanol–water partition coefficient (Wildman–Crippen LogP) is 4.62. The van der Waals surface area contributed by atoms with Crippen LogP contribution in [0.15, 0.2) is 48.8 Å². The van der Waals surface area contributed by atoms with Crippen LogP contribution in [0.3, 0.4) is 0 Å². The smallest absolute Gasteiger partial charge is 0.137 e. The van der Waals surface area contributed by atoms with E-state index in [-0.39, 0.29) is 0 Å². The lowest BCUT2D eigenvalue weighted by Crippen LogP contribution is -2.27. The van der Waals surface area contributed by atoms with Crippen molar-refractivity contribution in [2.45, 2.75) is 50.1 Å². The summed E-state index contributed by atoms with van der Waals surface area (Å²) in [6.07, 6.45) is 10.5. The molecule has 5 rings (SSSR count). The van der Waals surface area contributed by atoms with Gasteiger partial charge in [-0.2, -0.15) is 0 Å². The molecule has 2 aromatic heterocycles. The third-order valence-corrected chi connectivity index (χ3v) is 5.92. The number of hydrogen-bond donors (Lipinski definition) is 2. The zero-order chi connectivity index (χ0) is 15.9. The van der Waals surface area contributed by atoms with E-state index in [0.29, 0.717) is 5.92 Å². The number of rotatable bonds is 2. The summed E-state index contributed by atoms with van der Waals surface area (Å²) in [4.78, 5) is 7.59. The minimum Gasteiger partial charge on any atom is -0.346 e. The molecule has 2 aliphatic heterocycles. The molecule has 2 aliphatic rings. The first-order valence-corrected chi connectivity index (χ1v) is 9.15. The minimum absolute atomic E-state index is 0.714. The van der Waals surface area contributed by atoms with E-state index >= 15 is 0 Å². The molecule has 2 fully saturated rings. The van der Waals surface area contributed by atoms with Gasteiger partial charge >= 0.3 is 0 Å². The molecule has 2 bridgehead atoms. The first kappa shape index (κ1) is 14.2. The number of pyridine rings is 1. The number of aromatic amines is 1. The second kappa shape index (κ2) is 5.75. The highest BCUT2D eigenvalue weighted by atomic mass is 15.0. The van der Waals surface area contributed by atoms with E-state index in [1.165, 1.54) is 54.2 Å². The third-order valence-electron chi connectivity index (χ3n) is 5.92. The number of nitrogens with zero attached hydrogens (tertiary/aromatic N) is 1. The normalized spacial score (nSPS) is 26.6. The Kier molecular flexibility index (Phi) is 3.41. The first-order valence-electron chi connectivity index (χ1n) is 9.15.